The minimum Gasteiger partial charge on any atom is -0.485 e. The van der Waals surface area contributed by atoms with Crippen molar-refractivity contribution in [2.45, 2.75) is 30.0 Å². The summed E-state index contributed by atoms with van der Waals surface area (Å²) >= 11 is 1.15. The van der Waals surface area contributed by atoms with E-state index in [9.17, 15) is 9.18 Å². The van der Waals surface area contributed by atoms with Gasteiger partial charge in [-0.2, -0.15) is 0 Å². The number of thioether (sulfide) groups is 1. The number of carbonyl (C=O) groups is 1. The highest BCUT2D eigenvalue weighted by Gasteiger charge is 2.28. The average molecular weight is 415 g/mol. The Morgan fingerprint density at radius 3 is 2.76 bits per heavy atom. The molecule has 0 fully saturated rings. The van der Waals surface area contributed by atoms with Crippen LogP contribution < -0.4 is 14.8 Å². The highest BCUT2D eigenvalue weighted by atomic mass is 32.2. The number of carbonyl (C=O) groups excluding carboxylic acids is 1. The summed E-state index contributed by atoms with van der Waals surface area (Å²) in [6.07, 6.45) is -0.505. The molecule has 0 saturated carbocycles. The fourth-order valence-electron chi connectivity index (χ4n) is 2.68. The molecule has 0 spiro atoms. The normalized spacial score (nSPS) is 16.3. The molecule has 0 unspecified atom stereocenters. The van der Waals surface area contributed by atoms with Crippen molar-refractivity contribution < 1.29 is 23.1 Å². The quantitative estimate of drug-likeness (QED) is 0.617. The maximum atomic E-state index is 12.9. The summed E-state index contributed by atoms with van der Waals surface area (Å²) in [5, 5.41) is 10.6. The molecule has 1 aliphatic heterocycles. The van der Waals surface area contributed by atoms with Crippen molar-refractivity contribution in [2.75, 3.05) is 6.61 Å². The van der Waals surface area contributed by atoms with E-state index >= 15 is 0 Å². The summed E-state index contributed by atoms with van der Waals surface area (Å²) in [5.41, 5.74) is 0.812. The lowest BCUT2D eigenvalue weighted by Crippen LogP contribution is -2.30. The number of hydrogen-bond donors (Lipinski definition) is 1. The second kappa shape index (κ2) is 8.52. The van der Waals surface area contributed by atoms with Gasteiger partial charge in [0, 0.05) is 6.54 Å². The number of aromatic nitrogens is 2. The Morgan fingerprint density at radius 2 is 1.97 bits per heavy atom. The van der Waals surface area contributed by atoms with Crippen molar-refractivity contribution in [3.05, 3.63) is 65.8 Å². The van der Waals surface area contributed by atoms with E-state index in [0.717, 1.165) is 17.3 Å². The van der Waals surface area contributed by atoms with Gasteiger partial charge in [-0.25, -0.2) is 4.39 Å². The standard InChI is InChI=1S/C20H18FN3O4S/c1-12(18(25)22-10-13-6-8-14(21)9-7-13)29-20-24-23-19(28-20)17-11-26-15-4-2-3-5-16(15)27-17/h2-9,12,17H,10-11H2,1H3,(H,22,25)/t12-,17+/m1/s1. The van der Waals surface area contributed by atoms with Crippen LogP contribution in [0.3, 0.4) is 0 Å². The Bertz CT molecular complexity index is 995. The minimum absolute atomic E-state index is 0.190. The Kier molecular flexibility index (Phi) is 5.66. The van der Waals surface area contributed by atoms with Crippen molar-refractivity contribution in [3.63, 3.8) is 0 Å². The number of nitrogens with one attached hydrogen (secondary N) is 1. The number of hydrogen-bond acceptors (Lipinski definition) is 7. The maximum absolute atomic E-state index is 12.9. The predicted octanol–water partition coefficient (Wildman–Crippen LogP) is 3.52. The third-order valence-corrected chi connectivity index (χ3v) is 5.17. The number of fused-ring (bicyclic) bond motifs is 1. The number of benzene rings is 2. The molecular weight excluding hydrogens is 397 g/mol. The lowest BCUT2D eigenvalue weighted by atomic mass is 10.2. The van der Waals surface area contributed by atoms with Crippen molar-refractivity contribution in [2.24, 2.45) is 0 Å². The van der Waals surface area contributed by atoms with Crippen molar-refractivity contribution in [1.29, 1.82) is 0 Å². The van der Waals surface area contributed by atoms with Crippen LogP contribution in [0.5, 0.6) is 11.5 Å². The van der Waals surface area contributed by atoms with Gasteiger partial charge in [0.25, 0.3) is 11.1 Å². The van der Waals surface area contributed by atoms with Gasteiger partial charge in [-0.05, 0) is 36.8 Å². The number of nitrogens with zero attached hydrogens (tertiary/aromatic N) is 2. The van der Waals surface area contributed by atoms with Crippen LogP contribution in [0.4, 0.5) is 4.39 Å². The van der Waals surface area contributed by atoms with Gasteiger partial charge in [0.05, 0.1) is 5.25 Å². The second-order valence-corrected chi connectivity index (χ2v) is 7.67. The fraction of sp³-hybridized carbons (Fsp3) is 0.250. The van der Waals surface area contributed by atoms with Gasteiger partial charge in [-0.1, -0.05) is 36.0 Å². The molecule has 29 heavy (non-hydrogen) atoms. The van der Waals surface area contributed by atoms with E-state index in [-0.39, 0.29) is 23.6 Å². The summed E-state index contributed by atoms with van der Waals surface area (Å²) in [4.78, 5) is 12.3. The smallest absolute Gasteiger partial charge is 0.277 e. The van der Waals surface area contributed by atoms with Gasteiger partial charge in [0.1, 0.15) is 12.4 Å². The van der Waals surface area contributed by atoms with Crippen molar-refractivity contribution in [3.8, 4) is 11.5 Å². The summed E-state index contributed by atoms with van der Waals surface area (Å²) in [6.45, 7) is 2.31. The molecular formula is C20H18FN3O4S. The van der Waals surface area contributed by atoms with Gasteiger partial charge in [-0.15, -0.1) is 10.2 Å². The largest absolute Gasteiger partial charge is 0.485 e. The summed E-state index contributed by atoms with van der Waals surface area (Å²) in [7, 11) is 0. The van der Waals surface area contributed by atoms with Gasteiger partial charge in [0.15, 0.2) is 11.5 Å². The molecule has 0 radical (unpaired) electrons. The molecule has 1 aromatic heterocycles. The second-order valence-electron chi connectivity index (χ2n) is 6.37. The third kappa shape index (κ3) is 4.68. The Morgan fingerprint density at radius 1 is 1.21 bits per heavy atom. The summed E-state index contributed by atoms with van der Waals surface area (Å²) < 4.78 is 30.1. The molecule has 1 amide bonds. The van der Waals surface area contributed by atoms with Crippen LogP contribution in [0.25, 0.3) is 0 Å². The molecule has 0 saturated heterocycles. The molecule has 3 aromatic rings. The molecule has 150 valence electrons. The fourth-order valence-corrected chi connectivity index (χ4v) is 3.39. The molecule has 1 N–H and O–H groups in total. The van der Waals surface area contributed by atoms with Crippen LogP contribution in [0, 0.1) is 5.82 Å². The first-order valence-corrected chi connectivity index (χ1v) is 9.87. The van der Waals surface area contributed by atoms with Crippen LogP contribution in [0.2, 0.25) is 0 Å². The van der Waals surface area contributed by atoms with Gasteiger partial charge in [0.2, 0.25) is 12.0 Å². The molecule has 2 atom stereocenters. The summed E-state index contributed by atoms with van der Waals surface area (Å²) in [5.74, 6) is 1.08. The van der Waals surface area contributed by atoms with Crippen LogP contribution >= 0.6 is 11.8 Å². The number of rotatable bonds is 6. The number of ether oxygens (including phenoxy) is 2. The minimum atomic E-state index is -0.505. The van der Waals surface area contributed by atoms with Crippen LogP contribution in [-0.4, -0.2) is 28.0 Å². The van der Waals surface area contributed by atoms with E-state index in [1.165, 1.54) is 12.1 Å². The summed E-state index contributed by atoms with van der Waals surface area (Å²) in [6, 6.07) is 13.3. The van der Waals surface area contributed by atoms with E-state index in [1.807, 2.05) is 18.2 Å². The SMILES string of the molecule is C[C@@H](Sc1nnc([C@@H]2COc3ccccc3O2)o1)C(=O)NCc1ccc(F)cc1. The zero-order valence-electron chi connectivity index (χ0n) is 15.5. The number of halogens is 1. The molecule has 4 rings (SSSR count). The first kappa shape index (κ1) is 19.3. The van der Waals surface area contributed by atoms with E-state index in [0.29, 0.717) is 23.9 Å². The lowest BCUT2D eigenvalue weighted by Gasteiger charge is -2.23. The highest BCUT2D eigenvalue weighted by molar-refractivity contribution is 8.00. The zero-order chi connectivity index (χ0) is 20.2. The van der Waals surface area contributed by atoms with E-state index in [4.69, 9.17) is 13.9 Å². The van der Waals surface area contributed by atoms with Gasteiger partial charge < -0.3 is 19.2 Å². The number of para-hydroxylation sites is 2. The molecule has 7 nitrogen and oxygen atoms in total. The Hall–Kier alpha value is -3.07. The first-order chi connectivity index (χ1) is 14.1. The Balaban J connectivity index is 1.31. The molecule has 2 heterocycles. The van der Waals surface area contributed by atoms with Crippen molar-refractivity contribution >= 4 is 17.7 Å². The zero-order valence-corrected chi connectivity index (χ0v) is 16.3. The van der Waals surface area contributed by atoms with Crippen LogP contribution in [0.1, 0.15) is 24.5 Å². The van der Waals surface area contributed by atoms with E-state index in [2.05, 4.69) is 15.5 Å². The van der Waals surface area contributed by atoms with E-state index in [1.54, 1.807) is 25.1 Å². The Labute approximate surface area is 170 Å². The predicted molar refractivity (Wildman–Crippen MR) is 103 cm³/mol. The molecule has 0 bridgehead atoms. The molecule has 1 aliphatic rings. The van der Waals surface area contributed by atoms with Crippen molar-refractivity contribution in [1.82, 2.24) is 15.5 Å². The average Bonchev–Trinajstić information content (AvgIpc) is 3.21. The highest BCUT2D eigenvalue weighted by Crippen LogP contribution is 2.36. The first-order valence-electron chi connectivity index (χ1n) is 8.99. The van der Waals surface area contributed by atoms with Crippen LogP contribution in [0.15, 0.2) is 58.2 Å². The molecule has 0 aliphatic carbocycles. The monoisotopic (exact) mass is 415 g/mol. The third-order valence-electron chi connectivity index (χ3n) is 4.23. The molecule has 2 aromatic carbocycles. The maximum Gasteiger partial charge on any atom is 0.277 e. The van der Waals surface area contributed by atoms with Gasteiger partial charge >= 0.3 is 0 Å². The topological polar surface area (TPSA) is 86.5 Å². The van der Waals surface area contributed by atoms with E-state index < -0.39 is 11.4 Å². The number of amides is 1. The van der Waals surface area contributed by atoms with Gasteiger partial charge in [-0.3, -0.25) is 4.79 Å². The van der Waals surface area contributed by atoms with Crippen LogP contribution in [-0.2, 0) is 11.3 Å². The lowest BCUT2D eigenvalue weighted by molar-refractivity contribution is -0.120. The molecule has 9 heteroatoms.